The quantitative estimate of drug-likeness (QED) is 0.506. The first-order valence-electron chi connectivity index (χ1n) is 14.1. The van der Waals surface area contributed by atoms with Gasteiger partial charge in [-0.25, -0.2) is 0 Å². The number of Topliss-reactive ketones (excluding diaryl/α,β-unsaturated/α-hetero) is 2. The lowest BCUT2D eigenvalue weighted by molar-refractivity contribution is -0.192. The molecule has 192 valence electrons. The van der Waals surface area contributed by atoms with Gasteiger partial charge in [-0.1, -0.05) is 47.6 Å². The average Bonchev–Trinajstić information content (AvgIpc) is 2.78. The van der Waals surface area contributed by atoms with E-state index in [1.807, 2.05) is 19.9 Å². The van der Waals surface area contributed by atoms with E-state index in [2.05, 4.69) is 33.8 Å². The predicted octanol–water partition coefficient (Wildman–Crippen LogP) is 6.28. The van der Waals surface area contributed by atoms with Gasteiger partial charge < -0.3 is 5.11 Å². The molecule has 4 fully saturated rings. The van der Waals surface area contributed by atoms with Crippen LogP contribution in [0.4, 0.5) is 0 Å². The summed E-state index contributed by atoms with van der Waals surface area (Å²) in [5, 5.41) is 19.8. The van der Waals surface area contributed by atoms with Gasteiger partial charge >= 0.3 is 0 Å². The van der Waals surface area contributed by atoms with E-state index >= 15 is 0 Å². The zero-order valence-electron chi connectivity index (χ0n) is 22.7. The molecule has 35 heavy (non-hydrogen) atoms. The Morgan fingerprint density at radius 3 is 2.34 bits per heavy atom. The number of allylic oxidation sites excluding steroid dienone is 2. The van der Waals surface area contributed by atoms with Crippen molar-refractivity contribution in [1.29, 1.82) is 5.26 Å². The molecule has 0 amide bonds. The molecule has 0 radical (unpaired) electrons. The van der Waals surface area contributed by atoms with Crippen LogP contribution in [0, 0.1) is 68.0 Å². The van der Waals surface area contributed by atoms with Crippen molar-refractivity contribution >= 4 is 11.6 Å². The van der Waals surface area contributed by atoms with Gasteiger partial charge in [-0.15, -0.1) is 0 Å². The van der Waals surface area contributed by atoms with Crippen LogP contribution >= 0.6 is 0 Å². The summed E-state index contributed by atoms with van der Waals surface area (Å²) in [6.45, 7) is 13.7. The van der Waals surface area contributed by atoms with Crippen LogP contribution in [0.3, 0.4) is 0 Å². The van der Waals surface area contributed by atoms with E-state index in [0.29, 0.717) is 29.6 Å². The Balaban J connectivity index is 1.58. The first-order valence-corrected chi connectivity index (χ1v) is 14.1. The van der Waals surface area contributed by atoms with Crippen molar-refractivity contribution in [2.75, 3.05) is 6.61 Å². The monoisotopic (exact) mass is 479 g/mol. The van der Waals surface area contributed by atoms with Gasteiger partial charge in [-0.2, -0.15) is 5.26 Å². The number of fused-ring (bicyclic) bond motifs is 7. The third-order valence-electron chi connectivity index (χ3n) is 12.5. The summed E-state index contributed by atoms with van der Waals surface area (Å²) in [6, 6.07) is 2.21. The zero-order valence-corrected chi connectivity index (χ0v) is 22.7. The summed E-state index contributed by atoms with van der Waals surface area (Å²) < 4.78 is 0. The lowest BCUT2D eigenvalue weighted by Gasteiger charge is -2.68. The molecule has 0 heterocycles. The largest absolute Gasteiger partial charge is 0.396 e. The topological polar surface area (TPSA) is 78.2 Å². The number of ketones is 2. The van der Waals surface area contributed by atoms with Crippen LogP contribution in [0.25, 0.3) is 0 Å². The summed E-state index contributed by atoms with van der Waals surface area (Å²) in [4.78, 5) is 27.4. The van der Waals surface area contributed by atoms with E-state index in [4.69, 9.17) is 0 Å². The van der Waals surface area contributed by atoms with Gasteiger partial charge in [0, 0.05) is 24.4 Å². The fraction of sp³-hybridized carbons (Fsp3) is 0.839. The second kappa shape index (κ2) is 7.77. The van der Waals surface area contributed by atoms with Gasteiger partial charge in [0.2, 0.25) is 0 Å². The number of nitriles is 1. The van der Waals surface area contributed by atoms with E-state index < -0.39 is 5.41 Å². The van der Waals surface area contributed by atoms with Gasteiger partial charge in [-0.05, 0) is 96.7 Å². The molecule has 0 bridgehead atoms. The number of aliphatic hydroxyl groups excluding tert-OH is 1. The van der Waals surface area contributed by atoms with Crippen LogP contribution in [0.5, 0.6) is 0 Å². The first-order chi connectivity index (χ1) is 16.3. The second-order valence-corrected chi connectivity index (χ2v) is 14.9. The molecule has 5 aliphatic carbocycles. The summed E-state index contributed by atoms with van der Waals surface area (Å²) in [7, 11) is 0. The van der Waals surface area contributed by atoms with Crippen LogP contribution < -0.4 is 0 Å². The van der Waals surface area contributed by atoms with Gasteiger partial charge in [0.25, 0.3) is 0 Å². The Kier molecular flexibility index (Phi) is 5.59. The van der Waals surface area contributed by atoms with Crippen molar-refractivity contribution in [1.82, 2.24) is 0 Å². The summed E-state index contributed by atoms with van der Waals surface area (Å²) in [5.74, 6) is 1.54. The maximum absolute atomic E-state index is 14.2. The highest BCUT2D eigenvalue weighted by Crippen LogP contribution is 2.72. The molecule has 8 unspecified atom stereocenters. The first kappa shape index (κ1) is 25.2. The Morgan fingerprint density at radius 2 is 1.69 bits per heavy atom. The molecule has 1 N–H and O–H groups in total. The number of hydrogen-bond donors (Lipinski definition) is 1. The van der Waals surface area contributed by atoms with E-state index in [9.17, 15) is 20.0 Å². The molecule has 4 nitrogen and oxygen atoms in total. The highest BCUT2D eigenvalue weighted by Gasteiger charge is 2.68. The number of rotatable bonds is 2. The number of aliphatic hydroxyl groups is 1. The highest BCUT2D eigenvalue weighted by atomic mass is 16.3. The maximum Gasteiger partial charge on any atom is 0.178 e. The van der Waals surface area contributed by atoms with Crippen molar-refractivity contribution in [3.63, 3.8) is 0 Å². The molecule has 8 atom stereocenters. The Labute approximate surface area is 211 Å². The average molecular weight is 480 g/mol. The van der Waals surface area contributed by atoms with E-state index in [1.54, 1.807) is 0 Å². The molecule has 0 aromatic rings. The Bertz CT molecular complexity index is 1020. The minimum Gasteiger partial charge on any atom is -0.396 e. The smallest absolute Gasteiger partial charge is 0.178 e. The van der Waals surface area contributed by atoms with Crippen molar-refractivity contribution < 1.29 is 14.7 Å². The van der Waals surface area contributed by atoms with Crippen molar-refractivity contribution in [3.8, 4) is 6.07 Å². The molecule has 4 saturated carbocycles. The third-order valence-corrected chi connectivity index (χ3v) is 12.5. The van der Waals surface area contributed by atoms with Crippen LogP contribution in [0.15, 0.2) is 11.6 Å². The van der Waals surface area contributed by atoms with Crippen LogP contribution in [-0.4, -0.2) is 23.3 Å². The molecular weight excluding hydrogens is 434 g/mol. The van der Waals surface area contributed by atoms with Gasteiger partial charge in [0.05, 0.1) is 5.57 Å². The number of carbonyl (C=O) groups excluding carboxylic acids is 2. The molecule has 4 heteroatoms. The Morgan fingerprint density at radius 1 is 0.971 bits per heavy atom. The van der Waals surface area contributed by atoms with Crippen LogP contribution in [0.1, 0.15) is 99.3 Å². The molecule has 5 rings (SSSR count). The molecule has 0 aliphatic heterocycles. The number of hydrogen-bond acceptors (Lipinski definition) is 4. The molecule has 0 aromatic carbocycles. The lowest BCUT2D eigenvalue weighted by atomic mass is 9.35. The minimum atomic E-state index is -0.577. The predicted molar refractivity (Wildman–Crippen MR) is 136 cm³/mol. The third kappa shape index (κ3) is 3.32. The number of carbonyl (C=O) groups is 2. The summed E-state index contributed by atoms with van der Waals surface area (Å²) >= 11 is 0. The van der Waals surface area contributed by atoms with E-state index in [1.165, 1.54) is 6.42 Å². The van der Waals surface area contributed by atoms with Crippen molar-refractivity contribution in [2.24, 2.45) is 56.7 Å². The fourth-order valence-electron chi connectivity index (χ4n) is 10.7. The van der Waals surface area contributed by atoms with Crippen LogP contribution in [0.2, 0.25) is 0 Å². The Hall–Kier alpha value is -1.47. The fourth-order valence-corrected chi connectivity index (χ4v) is 10.7. The molecular formula is C31H45NO3. The van der Waals surface area contributed by atoms with Gasteiger partial charge in [0.15, 0.2) is 5.78 Å². The van der Waals surface area contributed by atoms with Gasteiger partial charge in [0.1, 0.15) is 11.9 Å². The minimum absolute atomic E-state index is 0.0259. The molecule has 0 saturated heterocycles. The SMILES string of the molecule is CC1(C)CCC2(CCO)CCC3C(C(=O)CC4C5(C)C=C(C#N)C(=O)C(C)(C)C5CCC34C)C2C1. The van der Waals surface area contributed by atoms with E-state index in [0.717, 1.165) is 44.9 Å². The van der Waals surface area contributed by atoms with Crippen LogP contribution in [-0.2, 0) is 9.59 Å². The molecule has 0 aromatic heterocycles. The second-order valence-electron chi connectivity index (χ2n) is 14.9. The van der Waals surface area contributed by atoms with Gasteiger partial charge in [-0.3, -0.25) is 9.59 Å². The molecule has 0 spiro atoms. The van der Waals surface area contributed by atoms with E-state index in [-0.39, 0.29) is 51.8 Å². The van der Waals surface area contributed by atoms with Crippen molar-refractivity contribution in [3.05, 3.63) is 11.6 Å². The maximum atomic E-state index is 14.2. The summed E-state index contributed by atoms with van der Waals surface area (Å²) in [6.07, 6.45) is 11.0. The standard InChI is InChI=1S/C31H45NO3/c1-27(2)11-12-31(13-14-33)10-7-20-25(21(31)17-27)22(34)15-24-29(20,5)9-8-23-28(3,4)26(35)19(18-32)16-30(23,24)6/h16,20-21,23-25,33H,7-15,17H2,1-6H3. The number of nitrogens with zero attached hydrogens (tertiary/aromatic N) is 1. The molecule has 5 aliphatic rings. The zero-order chi connectivity index (χ0) is 25.6. The normalized spacial score (nSPS) is 47.9. The van der Waals surface area contributed by atoms with Crippen molar-refractivity contribution in [2.45, 2.75) is 99.3 Å². The lowest BCUT2D eigenvalue weighted by Crippen LogP contribution is -2.64. The summed E-state index contributed by atoms with van der Waals surface area (Å²) in [5.41, 5.74) is -0.214. The highest BCUT2D eigenvalue weighted by molar-refractivity contribution is 6.04.